The molecular formula is C23H26N2O2. The Labute approximate surface area is 161 Å². The van der Waals surface area contributed by atoms with Crippen molar-refractivity contribution >= 4 is 0 Å². The summed E-state index contributed by atoms with van der Waals surface area (Å²) in [6.45, 7) is 2.93. The molecule has 3 aromatic rings. The summed E-state index contributed by atoms with van der Waals surface area (Å²) in [5, 5.41) is 0. The molecule has 0 N–H and O–H groups in total. The summed E-state index contributed by atoms with van der Waals surface area (Å²) in [4.78, 5) is 2.55. The van der Waals surface area contributed by atoms with E-state index in [1.807, 2.05) is 12.1 Å². The maximum Gasteiger partial charge on any atom is 0.127 e. The van der Waals surface area contributed by atoms with E-state index in [0.29, 0.717) is 0 Å². The number of methoxy groups -OCH3 is 2. The highest BCUT2D eigenvalue weighted by Gasteiger charge is 2.27. The van der Waals surface area contributed by atoms with E-state index < -0.39 is 0 Å². The maximum atomic E-state index is 5.64. The van der Waals surface area contributed by atoms with Gasteiger partial charge in [0.2, 0.25) is 0 Å². The van der Waals surface area contributed by atoms with Crippen molar-refractivity contribution in [2.24, 2.45) is 0 Å². The quantitative estimate of drug-likeness (QED) is 0.668. The second kappa shape index (κ2) is 7.89. The fourth-order valence-corrected chi connectivity index (χ4v) is 4.03. The molecule has 0 bridgehead atoms. The third kappa shape index (κ3) is 3.58. The first kappa shape index (κ1) is 17.7. The molecule has 1 atom stereocenters. The van der Waals surface area contributed by atoms with Gasteiger partial charge in [0.1, 0.15) is 11.5 Å². The molecule has 0 aliphatic carbocycles. The lowest BCUT2D eigenvalue weighted by molar-refractivity contribution is 0.217. The molecule has 1 aliphatic rings. The molecule has 0 spiro atoms. The lowest BCUT2D eigenvalue weighted by Crippen LogP contribution is -2.29. The van der Waals surface area contributed by atoms with Gasteiger partial charge in [-0.1, -0.05) is 36.4 Å². The number of aromatic nitrogens is 1. The van der Waals surface area contributed by atoms with E-state index in [2.05, 4.69) is 64.2 Å². The Morgan fingerprint density at radius 2 is 1.78 bits per heavy atom. The van der Waals surface area contributed by atoms with Crippen molar-refractivity contribution in [3.63, 3.8) is 0 Å². The monoisotopic (exact) mass is 362 g/mol. The average molecular weight is 362 g/mol. The number of hydrogen-bond acceptors (Lipinski definition) is 3. The van der Waals surface area contributed by atoms with E-state index in [0.717, 1.165) is 37.6 Å². The largest absolute Gasteiger partial charge is 0.497 e. The molecule has 27 heavy (non-hydrogen) atoms. The number of rotatable bonds is 5. The molecule has 0 fully saturated rings. The molecule has 0 amide bonds. The van der Waals surface area contributed by atoms with Gasteiger partial charge in [-0.3, -0.25) is 4.90 Å². The van der Waals surface area contributed by atoms with Crippen LogP contribution in [0.3, 0.4) is 0 Å². The average Bonchev–Trinajstić information content (AvgIpc) is 3.10. The van der Waals surface area contributed by atoms with Crippen LogP contribution in [-0.4, -0.2) is 30.2 Å². The van der Waals surface area contributed by atoms with E-state index in [9.17, 15) is 0 Å². The highest BCUT2D eigenvalue weighted by Crippen LogP contribution is 2.35. The van der Waals surface area contributed by atoms with Crippen molar-refractivity contribution < 1.29 is 9.47 Å². The first-order valence-corrected chi connectivity index (χ1v) is 9.45. The van der Waals surface area contributed by atoms with Gasteiger partial charge in [-0.05, 0) is 30.2 Å². The molecule has 1 aromatic heterocycles. The number of ether oxygens (including phenoxy) is 2. The SMILES string of the molecule is COc1ccc(CN2CCCn3cccc3[C@H]2c2ccccc2)c(OC)c1. The Hall–Kier alpha value is -2.72. The summed E-state index contributed by atoms with van der Waals surface area (Å²) in [6.07, 6.45) is 3.33. The Bertz CT molecular complexity index is 888. The molecule has 4 rings (SSSR count). The van der Waals surface area contributed by atoms with Crippen molar-refractivity contribution in [1.29, 1.82) is 0 Å². The minimum Gasteiger partial charge on any atom is -0.497 e. The summed E-state index contributed by atoms with van der Waals surface area (Å²) in [5.74, 6) is 1.70. The van der Waals surface area contributed by atoms with Crippen molar-refractivity contribution in [2.75, 3.05) is 20.8 Å². The van der Waals surface area contributed by atoms with Gasteiger partial charge in [-0.15, -0.1) is 0 Å². The predicted molar refractivity (Wildman–Crippen MR) is 107 cm³/mol. The van der Waals surface area contributed by atoms with Crippen LogP contribution in [0.5, 0.6) is 11.5 Å². The van der Waals surface area contributed by atoms with E-state index in [1.54, 1.807) is 14.2 Å². The first-order valence-electron chi connectivity index (χ1n) is 9.45. The molecule has 2 heterocycles. The van der Waals surface area contributed by atoms with Gasteiger partial charge in [-0.25, -0.2) is 0 Å². The number of benzene rings is 2. The summed E-state index contributed by atoms with van der Waals surface area (Å²) < 4.78 is 13.4. The van der Waals surface area contributed by atoms with Crippen LogP contribution in [0, 0.1) is 0 Å². The van der Waals surface area contributed by atoms with Crippen LogP contribution in [0.1, 0.15) is 29.3 Å². The van der Waals surface area contributed by atoms with Crippen LogP contribution < -0.4 is 9.47 Å². The lowest BCUT2D eigenvalue weighted by Gasteiger charge is -2.31. The second-order valence-corrected chi connectivity index (χ2v) is 6.94. The highest BCUT2D eigenvalue weighted by atomic mass is 16.5. The molecule has 4 nitrogen and oxygen atoms in total. The Balaban J connectivity index is 1.72. The fraction of sp³-hybridized carbons (Fsp3) is 0.304. The molecule has 140 valence electrons. The van der Waals surface area contributed by atoms with Gasteiger partial charge in [0.25, 0.3) is 0 Å². The normalized spacial score (nSPS) is 17.2. The standard InChI is InChI=1S/C23H26N2O2/c1-26-20-12-11-19(22(16-20)27-2)17-25-15-7-14-24-13-6-10-21(24)23(25)18-8-4-3-5-9-18/h3-6,8-13,16,23H,7,14-15,17H2,1-2H3/t23-/m1/s1. The van der Waals surface area contributed by atoms with Gasteiger partial charge in [0.15, 0.2) is 0 Å². The number of aryl methyl sites for hydroxylation is 1. The van der Waals surface area contributed by atoms with Crippen molar-refractivity contribution in [3.8, 4) is 11.5 Å². The minimum absolute atomic E-state index is 0.232. The number of nitrogens with zero attached hydrogens (tertiary/aromatic N) is 2. The third-order valence-corrected chi connectivity index (χ3v) is 5.34. The van der Waals surface area contributed by atoms with Gasteiger partial charge >= 0.3 is 0 Å². The summed E-state index contributed by atoms with van der Waals surface area (Å²) in [5.41, 5.74) is 3.86. The molecule has 0 saturated heterocycles. The molecule has 2 aromatic carbocycles. The summed E-state index contributed by atoms with van der Waals surface area (Å²) in [6, 6.07) is 21.5. The molecule has 0 saturated carbocycles. The zero-order chi connectivity index (χ0) is 18.6. The van der Waals surface area contributed by atoms with Crippen LogP contribution >= 0.6 is 0 Å². The Morgan fingerprint density at radius 1 is 0.926 bits per heavy atom. The van der Waals surface area contributed by atoms with Gasteiger partial charge in [0, 0.05) is 43.2 Å². The topological polar surface area (TPSA) is 26.6 Å². The van der Waals surface area contributed by atoms with Crippen molar-refractivity contribution in [1.82, 2.24) is 9.47 Å². The Kier molecular flexibility index (Phi) is 5.16. The first-order chi connectivity index (χ1) is 13.3. The van der Waals surface area contributed by atoms with Crippen LogP contribution in [0.25, 0.3) is 0 Å². The molecule has 0 radical (unpaired) electrons. The van der Waals surface area contributed by atoms with Crippen LogP contribution in [0.2, 0.25) is 0 Å². The Morgan fingerprint density at radius 3 is 2.56 bits per heavy atom. The van der Waals surface area contributed by atoms with E-state index >= 15 is 0 Å². The van der Waals surface area contributed by atoms with Crippen LogP contribution in [0.15, 0.2) is 66.9 Å². The summed E-state index contributed by atoms with van der Waals surface area (Å²) >= 11 is 0. The lowest BCUT2D eigenvalue weighted by atomic mass is 10.0. The van der Waals surface area contributed by atoms with Crippen molar-refractivity contribution in [2.45, 2.75) is 25.6 Å². The molecule has 0 unspecified atom stereocenters. The molecule has 4 heteroatoms. The second-order valence-electron chi connectivity index (χ2n) is 6.94. The smallest absolute Gasteiger partial charge is 0.127 e. The zero-order valence-corrected chi connectivity index (χ0v) is 16.0. The predicted octanol–water partition coefficient (Wildman–Crippen LogP) is 4.50. The van der Waals surface area contributed by atoms with Crippen LogP contribution in [0.4, 0.5) is 0 Å². The molecule has 1 aliphatic heterocycles. The summed E-state index contributed by atoms with van der Waals surface area (Å²) in [7, 11) is 3.41. The molecular weight excluding hydrogens is 336 g/mol. The third-order valence-electron chi connectivity index (χ3n) is 5.34. The minimum atomic E-state index is 0.232. The van der Waals surface area contributed by atoms with Gasteiger partial charge in [0.05, 0.1) is 20.3 Å². The van der Waals surface area contributed by atoms with Crippen molar-refractivity contribution in [3.05, 3.63) is 83.7 Å². The highest BCUT2D eigenvalue weighted by molar-refractivity contribution is 5.41. The number of fused-ring (bicyclic) bond motifs is 1. The zero-order valence-electron chi connectivity index (χ0n) is 16.0. The van der Waals surface area contributed by atoms with E-state index in [1.165, 1.54) is 16.8 Å². The van der Waals surface area contributed by atoms with E-state index in [-0.39, 0.29) is 6.04 Å². The van der Waals surface area contributed by atoms with E-state index in [4.69, 9.17) is 9.47 Å². The van der Waals surface area contributed by atoms with Crippen LogP contribution in [-0.2, 0) is 13.1 Å². The maximum absolute atomic E-state index is 5.64. The van der Waals surface area contributed by atoms with Gasteiger partial charge in [-0.2, -0.15) is 0 Å². The number of hydrogen-bond donors (Lipinski definition) is 0. The van der Waals surface area contributed by atoms with Gasteiger partial charge < -0.3 is 14.0 Å². The fourth-order valence-electron chi connectivity index (χ4n) is 4.03.